The van der Waals surface area contributed by atoms with Crippen LogP contribution in [-0.2, 0) is 19.1 Å². The van der Waals surface area contributed by atoms with Gasteiger partial charge >= 0.3 is 5.97 Å². The summed E-state index contributed by atoms with van der Waals surface area (Å²) in [4.78, 5) is 36.1. The Morgan fingerprint density at radius 1 is 1.31 bits per heavy atom. The topological polar surface area (TPSA) is 103 Å². The molecule has 2 rings (SSSR count). The van der Waals surface area contributed by atoms with E-state index in [2.05, 4.69) is 10.6 Å². The third kappa shape index (κ3) is 5.04. The second-order valence-electron chi connectivity index (χ2n) is 5.45. The monoisotopic (exact) mass is 382 g/mol. The predicted molar refractivity (Wildman–Crippen MR) is 97.6 cm³/mol. The Kier molecular flexibility index (Phi) is 7.14. The first kappa shape index (κ1) is 19.9. The molecule has 2 N–H and O–H groups in total. The van der Waals surface area contributed by atoms with Crippen molar-refractivity contribution in [1.29, 1.82) is 0 Å². The lowest BCUT2D eigenvalue weighted by Crippen LogP contribution is -2.51. The molecule has 1 aliphatic rings. The number of carbonyl (C=O) groups is 3. The second-order valence-corrected chi connectivity index (χ2v) is 6.69. The second kappa shape index (κ2) is 9.33. The molecular formula is C17H22N2O6S. The molecule has 2 atom stereocenters. The van der Waals surface area contributed by atoms with Crippen molar-refractivity contribution >= 4 is 35.2 Å². The number of hydrogen-bond donors (Lipinski definition) is 2. The molecule has 1 aromatic carbocycles. The van der Waals surface area contributed by atoms with E-state index in [0.29, 0.717) is 22.9 Å². The molecule has 26 heavy (non-hydrogen) atoms. The van der Waals surface area contributed by atoms with Crippen molar-refractivity contribution in [2.24, 2.45) is 0 Å². The van der Waals surface area contributed by atoms with E-state index < -0.39 is 17.3 Å². The molecule has 1 heterocycles. The number of ether oxygens (including phenoxy) is 3. The normalized spacial score (nSPS) is 19.3. The van der Waals surface area contributed by atoms with Crippen LogP contribution in [0.5, 0.6) is 11.5 Å². The van der Waals surface area contributed by atoms with Crippen LogP contribution in [0, 0.1) is 0 Å². The van der Waals surface area contributed by atoms with Gasteiger partial charge in [-0.3, -0.25) is 9.59 Å². The van der Waals surface area contributed by atoms with Crippen LogP contribution < -0.4 is 20.1 Å². The van der Waals surface area contributed by atoms with Crippen molar-refractivity contribution < 1.29 is 28.6 Å². The van der Waals surface area contributed by atoms with Gasteiger partial charge in [0.05, 0.1) is 31.8 Å². The van der Waals surface area contributed by atoms with Crippen LogP contribution in [0.3, 0.4) is 0 Å². The van der Waals surface area contributed by atoms with Crippen LogP contribution in [0.1, 0.15) is 13.3 Å². The molecule has 2 amide bonds. The SMILES string of the molecule is CCOC(=O)C1CSC(CC(=O)Nc2ccc(OC)cc2OC)C(=O)N1. The minimum Gasteiger partial charge on any atom is -0.497 e. The van der Waals surface area contributed by atoms with Gasteiger partial charge in [-0.2, -0.15) is 0 Å². The number of esters is 1. The highest BCUT2D eigenvalue weighted by Gasteiger charge is 2.34. The summed E-state index contributed by atoms with van der Waals surface area (Å²) in [6.45, 7) is 1.96. The predicted octanol–water partition coefficient (Wildman–Crippen LogP) is 1.20. The third-order valence-electron chi connectivity index (χ3n) is 3.70. The van der Waals surface area contributed by atoms with Crippen LogP contribution in [0.25, 0.3) is 0 Å². The van der Waals surface area contributed by atoms with Crippen LogP contribution in [0.2, 0.25) is 0 Å². The molecule has 9 heteroatoms. The fourth-order valence-corrected chi connectivity index (χ4v) is 3.52. The van der Waals surface area contributed by atoms with E-state index in [9.17, 15) is 14.4 Å². The lowest BCUT2D eigenvalue weighted by atomic mass is 10.2. The zero-order valence-electron chi connectivity index (χ0n) is 14.9. The maximum absolute atomic E-state index is 12.3. The van der Waals surface area contributed by atoms with Gasteiger partial charge in [0, 0.05) is 18.2 Å². The summed E-state index contributed by atoms with van der Waals surface area (Å²) in [5.41, 5.74) is 0.490. The van der Waals surface area contributed by atoms with Gasteiger partial charge in [-0.25, -0.2) is 4.79 Å². The summed E-state index contributed by atoms with van der Waals surface area (Å²) in [5.74, 6) is 0.299. The summed E-state index contributed by atoms with van der Waals surface area (Å²) in [7, 11) is 3.03. The number of methoxy groups -OCH3 is 2. The van der Waals surface area contributed by atoms with Gasteiger partial charge in [-0.05, 0) is 19.1 Å². The van der Waals surface area contributed by atoms with Gasteiger partial charge in [0.25, 0.3) is 0 Å². The van der Waals surface area contributed by atoms with Crippen LogP contribution in [0.15, 0.2) is 18.2 Å². The molecule has 1 aromatic rings. The molecule has 1 aliphatic heterocycles. The van der Waals surface area contributed by atoms with Gasteiger partial charge in [0.1, 0.15) is 17.5 Å². The fourth-order valence-electron chi connectivity index (χ4n) is 2.39. The van der Waals surface area contributed by atoms with Gasteiger partial charge < -0.3 is 24.8 Å². The largest absolute Gasteiger partial charge is 0.497 e. The Labute approximate surface area is 155 Å². The quantitative estimate of drug-likeness (QED) is 0.683. The lowest BCUT2D eigenvalue weighted by molar-refractivity contribution is -0.146. The molecule has 0 radical (unpaired) electrons. The van der Waals surface area contributed by atoms with E-state index in [1.54, 1.807) is 25.1 Å². The third-order valence-corrected chi connectivity index (χ3v) is 5.01. The first-order valence-corrected chi connectivity index (χ1v) is 9.13. The lowest BCUT2D eigenvalue weighted by Gasteiger charge is -2.27. The molecule has 142 valence electrons. The molecule has 8 nitrogen and oxygen atoms in total. The van der Waals surface area contributed by atoms with Crippen LogP contribution >= 0.6 is 11.8 Å². The average molecular weight is 382 g/mol. The van der Waals surface area contributed by atoms with E-state index in [1.165, 1.54) is 26.0 Å². The smallest absolute Gasteiger partial charge is 0.329 e. The molecule has 0 spiro atoms. The summed E-state index contributed by atoms with van der Waals surface area (Å²) in [6.07, 6.45) is -0.0127. The average Bonchev–Trinajstić information content (AvgIpc) is 2.63. The summed E-state index contributed by atoms with van der Waals surface area (Å²) >= 11 is 1.26. The zero-order valence-corrected chi connectivity index (χ0v) is 15.7. The van der Waals surface area contributed by atoms with Gasteiger partial charge in [0.15, 0.2) is 0 Å². The number of nitrogens with one attached hydrogen (secondary N) is 2. The van der Waals surface area contributed by atoms with Crippen molar-refractivity contribution in [1.82, 2.24) is 5.32 Å². The van der Waals surface area contributed by atoms with Crippen molar-refractivity contribution in [2.75, 3.05) is 31.9 Å². The standard InChI is InChI=1S/C17H22N2O6S/c1-4-25-17(22)12-9-26-14(16(21)19-12)8-15(20)18-11-6-5-10(23-2)7-13(11)24-3/h5-7,12,14H,4,8-9H2,1-3H3,(H,18,20)(H,19,21). The van der Waals surface area contributed by atoms with Crippen LogP contribution in [0.4, 0.5) is 5.69 Å². The molecule has 0 aliphatic carbocycles. The van der Waals surface area contributed by atoms with E-state index in [1.807, 2.05) is 0 Å². The van der Waals surface area contributed by atoms with Crippen molar-refractivity contribution in [3.63, 3.8) is 0 Å². The molecule has 0 aromatic heterocycles. The first-order valence-electron chi connectivity index (χ1n) is 8.09. The minimum atomic E-state index is -0.673. The Morgan fingerprint density at radius 2 is 2.08 bits per heavy atom. The number of rotatable bonds is 7. The van der Waals surface area contributed by atoms with Gasteiger partial charge in [-0.1, -0.05) is 0 Å². The Hall–Kier alpha value is -2.42. The highest BCUT2D eigenvalue weighted by atomic mass is 32.2. The highest BCUT2D eigenvalue weighted by molar-refractivity contribution is 8.00. The Morgan fingerprint density at radius 3 is 2.69 bits per heavy atom. The molecule has 0 bridgehead atoms. The maximum Gasteiger partial charge on any atom is 0.329 e. The first-order chi connectivity index (χ1) is 12.5. The number of thioether (sulfide) groups is 1. The molecule has 2 unspecified atom stereocenters. The number of amides is 2. The van der Waals surface area contributed by atoms with E-state index >= 15 is 0 Å². The summed E-state index contributed by atoms with van der Waals surface area (Å²) in [5, 5.41) is 4.77. The molecule has 1 saturated heterocycles. The van der Waals surface area contributed by atoms with Crippen molar-refractivity contribution in [2.45, 2.75) is 24.6 Å². The molecular weight excluding hydrogens is 360 g/mol. The van der Waals surface area contributed by atoms with Gasteiger partial charge in [0.2, 0.25) is 11.8 Å². The van der Waals surface area contributed by atoms with E-state index in [0.717, 1.165) is 0 Å². The van der Waals surface area contributed by atoms with E-state index in [-0.39, 0.29) is 24.8 Å². The molecule has 1 fully saturated rings. The fraction of sp³-hybridized carbons (Fsp3) is 0.471. The van der Waals surface area contributed by atoms with Crippen LogP contribution in [-0.4, -0.2) is 55.7 Å². The highest BCUT2D eigenvalue weighted by Crippen LogP contribution is 2.30. The summed E-state index contributed by atoms with van der Waals surface area (Å²) in [6, 6.07) is 4.35. The number of hydrogen-bond acceptors (Lipinski definition) is 7. The number of carbonyl (C=O) groups excluding carboxylic acids is 3. The van der Waals surface area contributed by atoms with Crippen molar-refractivity contribution in [3.8, 4) is 11.5 Å². The molecule has 0 saturated carbocycles. The van der Waals surface area contributed by atoms with Crippen molar-refractivity contribution in [3.05, 3.63) is 18.2 Å². The maximum atomic E-state index is 12.3. The van der Waals surface area contributed by atoms with E-state index in [4.69, 9.17) is 14.2 Å². The Bertz CT molecular complexity index is 681. The summed E-state index contributed by atoms with van der Waals surface area (Å²) < 4.78 is 15.2. The zero-order chi connectivity index (χ0) is 19.1. The number of anilines is 1. The minimum absolute atomic E-state index is 0.0127. The Balaban J connectivity index is 1.92. The van der Waals surface area contributed by atoms with Gasteiger partial charge in [-0.15, -0.1) is 11.8 Å². The number of benzene rings is 1.